The molecule has 3 aromatic rings. The molecule has 1 amide bonds. The highest BCUT2D eigenvalue weighted by molar-refractivity contribution is 5.92. The Balaban J connectivity index is 1.85. The maximum Gasteiger partial charge on any atom is 0.354 e. The number of aromatic nitrogens is 2. The van der Waals surface area contributed by atoms with E-state index in [9.17, 15) is 9.59 Å². The molecule has 0 spiro atoms. The van der Waals surface area contributed by atoms with Crippen molar-refractivity contribution < 1.29 is 14.7 Å². The smallest absolute Gasteiger partial charge is 0.354 e. The van der Waals surface area contributed by atoms with Crippen molar-refractivity contribution in [3.63, 3.8) is 0 Å². The molecule has 1 aromatic carbocycles. The van der Waals surface area contributed by atoms with Gasteiger partial charge in [-0.15, -0.1) is 0 Å². The number of pyridine rings is 2. The molecule has 0 fully saturated rings. The summed E-state index contributed by atoms with van der Waals surface area (Å²) in [5, 5.41) is 9.95. The van der Waals surface area contributed by atoms with E-state index < -0.39 is 11.4 Å². The van der Waals surface area contributed by atoms with Crippen LogP contribution in [0.4, 0.5) is 0 Å². The number of aromatic carboxylic acids is 1. The summed E-state index contributed by atoms with van der Waals surface area (Å²) >= 11 is 0. The maximum absolute atomic E-state index is 12.3. The van der Waals surface area contributed by atoms with Gasteiger partial charge in [-0.1, -0.05) is 12.1 Å². The molecule has 0 bridgehead atoms. The first-order chi connectivity index (χ1) is 12.0. The number of carboxylic acid groups (broad SMARTS) is 1. The SMILES string of the molecule is NC(=O)C1(c2cccnc2)Cc2cc3ccc(C(=O)O)nc3cc2C1. The largest absolute Gasteiger partial charge is 0.477 e. The van der Waals surface area contributed by atoms with E-state index in [1.54, 1.807) is 24.5 Å². The molecule has 2 heterocycles. The molecule has 0 saturated carbocycles. The monoisotopic (exact) mass is 333 g/mol. The lowest BCUT2D eigenvalue weighted by molar-refractivity contribution is -0.123. The molecule has 6 heteroatoms. The fourth-order valence-electron chi connectivity index (χ4n) is 3.59. The number of carbonyl (C=O) groups is 2. The number of primary amides is 1. The summed E-state index contributed by atoms with van der Waals surface area (Å²) < 4.78 is 0. The van der Waals surface area contributed by atoms with E-state index >= 15 is 0 Å². The molecule has 124 valence electrons. The molecular weight excluding hydrogens is 318 g/mol. The van der Waals surface area contributed by atoms with Crippen LogP contribution in [0.5, 0.6) is 0 Å². The molecule has 4 rings (SSSR count). The number of rotatable bonds is 3. The number of nitrogens with zero attached hydrogens (tertiary/aromatic N) is 2. The van der Waals surface area contributed by atoms with Crippen LogP contribution in [-0.4, -0.2) is 27.0 Å². The highest BCUT2D eigenvalue weighted by atomic mass is 16.4. The zero-order chi connectivity index (χ0) is 17.6. The summed E-state index contributed by atoms with van der Waals surface area (Å²) in [6.07, 6.45) is 4.29. The van der Waals surface area contributed by atoms with Gasteiger partial charge in [0.2, 0.25) is 5.91 Å². The average Bonchev–Trinajstić information content (AvgIpc) is 2.99. The first-order valence-corrected chi connectivity index (χ1v) is 7.86. The minimum atomic E-state index is -1.07. The Bertz CT molecular complexity index is 1020. The van der Waals surface area contributed by atoms with Gasteiger partial charge in [0.1, 0.15) is 5.69 Å². The van der Waals surface area contributed by atoms with E-state index in [2.05, 4.69) is 9.97 Å². The molecule has 0 aliphatic heterocycles. The van der Waals surface area contributed by atoms with Gasteiger partial charge < -0.3 is 10.8 Å². The van der Waals surface area contributed by atoms with Crippen LogP contribution < -0.4 is 5.73 Å². The van der Waals surface area contributed by atoms with Gasteiger partial charge in [0.05, 0.1) is 10.9 Å². The van der Waals surface area contributed by atoms with E-state index in [1.165, 1.54) is 6.07 Å². The van der Waals surface area contributed by atoms with Crippen LogP contribution in [0.25, 0.3) is 10.9 Å². The van der Waals surface area contributed by atoms with Crippen LogP contribution in [0.3, 0.4) is 0 Å². The summed E-state index contributed by atoms with van der Waals surface area (Å²) in [6, 6.07) is 10.7. The normalized spacial score (nSPS) is 18.9. The lowest BCUT2D eigenvalue weighted by atomic mass is 9.78. The second-order valence-electron chi connectivity index (χ2n) is 6.36. The van der Waals surface area contributed by atoms with Gasteiger partial charge in [-0.2, -0.15) is 0 Å². The van der Waals surface area contributed by atoms with Crippen molar-refractivity contribution in [3.8, 4) is 0 Å². The molecule has 6 nitrogen and oxygen atoms in total. The number of hydrogen-bond donors (Lipinski definition) is 2. The summed E-state index contributed by atoms with van der Waals surface area (Å²) in [4.78, 5) is 31.8. The Morgan fingerprint density at radius 2 is 1.88 bits per heavy atom. The lowest BCUT2D eigenvalue weighted by Crippen LogP contribution is -2.42. The highest BCUT2D eigenvalue weighted by Gasteiger charge is 2.44. The molecule has 1 aliphatic rings. The second-order valence-corrected chi connectivity index (χ2v) is 6.36. The van der Waals surface area contributed by atoms with E-state index in [0.717, 1.165) is 22.1 Å². The number of carboxylic acids is 1. The van der Waals surface area contributed by atoms with Crippen molar-refractivity contribution >= 4 is 22.8 Å². The molecule has 0 saturated heterocycles. The maximum atomic E-state index is 12.3. The van der Waals surface area contributed by atoms with Gasteiger partial charge in [0.15, 0.2) is 0 Å². The number of hydrogen-bond acceptors (Lipinski definition) is 4. The first kappa shape index (κ1) is 15.3. The lowest BCUT2D eigenvalue weighted by Gasteiger charge is -2.25. The van der Waals surface area contributed by atoms with E-state index in [1.807, 2.05) is 18.2 Å². The number of nitrogens with two attached hydrogens (primary N) is 1. The minimum absolute atomic E-state index is 0.00105. The summed E-state index contributed by atoms with van der Waals surface area (Å²) in [5.74, 6) is -1.45. The third-order valence-electron chi connectivity index (χ3n) is 4.90. The third-order valence-corrected chi connectivity index (χ3v) is 4.90. The Kier molecular flexibility index (Phi) is 3.28. The van der Waals surface area contributed by atoms with Crippen LogP contribution >= 0.6 is 0 Å². The molecule has 1 unspecified atom stereocenters. The fourth-order valence-corrected chi connectivity index (χ4v) is 3.59. The number of carbonyl (C=O) groups excluding carboxylic acids is 1. The molecule has 3 N–H and O–H groups in total. The summed E-state index contributed by atoms with van der Waals surface area (Å²) in [5.41, 5.74) is 8.33. The zero-order valence-corrected chi connectivity index (χ0v) is 13.3. The van der Waals surface area contributed by atoms with Crippen molar-refractivity contribution in [1.29, 1.82) is 0 Å². The first-order valence-electron chi connectivity index (χ1n) is 7.86. The van der Waals surface area contributed by atoms with Crippen molar-refractivity contribution in [1.82, 2.24) is 9.97 Å². The quantitative estimate of drug-likeness (QED) is 0.761. The number of amides is 1. The Labute approximate surface area is 143 Å². The Morgan fingerprint density at radius 1 is 1.12 bits per heavy atom. The van der Waals surface area contributed by atoms with Gasteiger partial charge in [-0.25, -0.2) is 9.78 Å². The Hall–Kier alpha value is -3.28. The predicted octanol–water partition coefficient (Wildman–Crippen LogP) is 1.85. The van der Waals surface area contributed by atoms with Gasteiger partial charge in [0, 0.05) is 17.8 Å². The van der Waals surface area contributed by atoms with E-state index in [0.29, 0.717) is 18.4 Å². The Morgan fingerprint density at radius 3 is 2.52 bits per heavy atom. The predicted molar refractivity (Wildman–Crippen MR) is 91.2 cm³/mol. The standard InChI is InChI=1S/C19H15N3O3/c20-18(25)19(14-2-1-5-21-10-14)8-12-6-11-3-4-15(17(23)24)22-16(11)7-13(12)9-19/h1-7,10H,8-9H2,(H2,20,25)(H,23,24). The van der Waals surface area contributed by atoms with Gasteiger partial charge in [-0.05, 0) is 53.8 Å². The van der Waals surface area contributed by atoms with Crippen LogP contribution in [-0.2, 0) is 23.1 Å². The topological polar surface area (TPSA) is 106 Å². The third kappa shape index (κ3) is 2.34. The highest BCUT2D eigenvalue weighted by Crippen LogP contribution is 2.40. The zero-order valence-electron chi connectivity index (χ0n) is 13.3. The van der Waals surface area contributed by atoms with Crippen molar-refractivity contribution in [2.24, 2.45) is 5.73 Å². The number of fused-ring (bicyclic) bond motifs is 2. The fraction of sp³-hybridized carbons (Fsp3) is 0.158. The minimum Gasteiger partial charge on any atom is -0.477 e. The molecular formula is C19H15N3O3. The molecule has 2 aromatic heterocycles. The molecule has 1 atom stereocenters. The number of benzene rings is 1. The van der Waals surface area contributed by atoms with Crippen LogP contribution in [0.1, 0.15) is 27.2 Å². The van der Waals surface area contributed by atoms with Crippen molar-refractivity contribution in [3.05, 3.63) is 71.2 Å². The van der Waals surface area contributed by atoms with E-state index in [4.69, 9.17) is 10.8 Å². The molecule has 25 heavy (non-hydrogen) atoms. The van der Waals surface area contributed by atoms with Gasteiger partial charge in [0.25, 0.3) is 0 Å². The average molecular weight is 333 g/mol. The molecule has 1 aliphatic carbocycles. The molecule has 0 radical (unpaired) electrons. The van der Waals surface area contributed by atoms with Crippen molar-refractivity contribution in [2.75, 3.05) is 0 Å². The second kappa shape index (κ2) is 5.37. The summed E-state index contributed by atoms with van der Waals surface area (Å²) in [6.45, 7) is 0. The van der Waals surface area contributed by atoms with E-state index in [-0.39, 0.29) is 11.6 Å². The van der Waals surface area contributed by atoms with Crippen LogP contribution in [0.2, 0.25) is 0 Å². The summed E-state index contributed by atoms with van der Waals surface area (Å²) in [7, 11) is 0. The van der Waals surface area contributed by atoms with Crippen LogP contribution in [0.15, 0.2) is 48.8 Å². The van der Waals surface area contributed by atoms with Crippen LogP contribution in [0, 0.1) is 0 Å². The van der Waals surface area contributed by atoms with Crippen molar-refractivity contribution in [2.45, 2.75) is 18.3 Å². The van der Waals surface area contributed by atoms with Gasteiger partial charge in [-0.3, -0.25) is 9.78 Å². The van der Waals surface area contributed by atoms with Gasteiger partial charge >= 0.3 is 5.97 Å².